The van der Waals surface area contributed by atoms with Crippen molar-refractivity contribution in [2.24, 2.45) is 0 Å². The van der Waals surface area contributed by atoms with Crippen molar-refractivity contribution in [3.8, 4) is 0 Å². The molecular weight excluding hydrogens is 374 g/mol. The molecule has 0 aliphatic heterocycles. The van der Waals surface area contributed by atoms with Gasteiger partial charge < -0.3 is 9.47 Å². The van der Waals surface area contributed by atoms with Gasteiger partial charge in [0.25, 0.3) is 0 Å². The summed E-state index contributed by atoms with van der Waals surface area (Å²) in [6.45, 7) is 0. The number of carbonyl (C=O) groups is 2. The quantitative estimate of drug-likeness (QED) is 0.550. The standard InChI is InChI=1S/C14H14Cl4O4/c1-21-13(19)11(17)9(15)7-4-3-5-8(6-7)10(16)12(18)14(20)22-2/h3-6,9-12H,1-2H3/t9-,10-,11-,12-/m1/s1. The van der Waals surface area contributed by atoms with Crippen LogP contribution in [0.2, 0.25) is 0 Å². The summed E-state index contributed by atoms with van der Waals surface area (Å²) in [6.07, 6.45) is 0. The Labute approximate surface area is 148 Å². The maximum Gasteiger partial charge on any atom is 0.325 e. The Bertz CT molecular complexity index is 494. The Morgan fingerprint density at radius 1 is 0.864 bits per heavy atom. The van der Waals surface area contributed by atoms with Crippen LogP contribution in [-0.4, -0.2) is 36.9 Å². The van der Waals surface area contributed by atoms with Gasteiger partial charge in [0.1, 0.15) is 0 Å². The minimum absolute atomic E-state index is 0.559. The molecule has 4 nitrogen and oxygen atoms in total. The summed E-state index contributed by atoms with van der Waals surface area (Å²) in [6, 6.07) is 6.68. The Balaban J connectivity index is 2.99. The molecule has 0 bridgehead atoms. The van der Waals surface area contributed by atoms with Gasteiger partial charge in [0.05, 0.1) is 25.0 Å². The number of benzene rings is 1. The lowest BCUT2D eigenvalue weighted by Crippen LogP contribution is -2.22. The van der Waals surface area contributed by atoms with Crippen LogP contribution < -0.4 is 0 Å². The van der Waals surface area contributed by atoms with Gasteiger partial charge >= 0.3 is 11.9 Å². The van der Waals surface area contributed by atoms with Crippen molar-refractivity contribution in [2.75, 3.05) is 14.2 Å². The summed E-state index contributed by atoms with van der Waals surface area (Å²) in [5.74, 6) is -1.28. The van der Waals surface area contributed by atoms with Gasteiger partial charge in [-0.3, -0.25) is 9.59 Å². The van der Waals surface area contributed by atoms with E-state index in [0.717, 1.165) is 0 Å². The van der Waals surface area contributed by atoms with Crippen molar-refractivity contribution in [3.63, 3.8) is 0 Å². The molecule has 1 aromatic carbocycles. The summed E-state index contributed by atoms with van der Waals surface area (Å²) < 4.78 is 9.11. The number of hydrogen-bond donors (Lipinski definition) is 0. The van der Waals surface area contributed by atoms with Crippen LogP contribution in [0.15, 0.2) is 24.3 Å². The Morgan fingerprint density at radius 3 is 1.55 bits per heavy atom. The number of hydrogen-bond acceptors (Lipinski definition) is 4. The van der Waals surface area contributed by atoms with Gasteiger partial charge in [-0.25, -0.2) is 0 Å². The maximum absolute atomic E-state index is 11.4. The fourth-order valence-electron chi connectivity index (χ4n) is 1.70. The van der Waals surface area contributed by atoms with Gasteiger partial charge in [-0.1, -0.05) is 24.3 Å². The zero-order valence-electron chi connectivity index (χ0n) is 11.8. The molecule has 0 radical (unpaired) electrons. The van der Waals surface area contributed by atoms with Crippen molar-refractivity contribution in [2.45, 2.75) is 21.5 Å². The van der Waals surface area contributed by atoms with E-state index in [1.807, 2.05) is 0 Å². The van der Waals surface area contributed by atoms with E-state index < -0.39 is 33.4 Å². The average Bonchev–Trinajstić information content (AvgIpc) is 2.57. The van der Waals surface area contributed by atoms with Crippen molar-refractivity contribution >= 4 is 58.3 Å². The molecule has 4 atom stereocenters. The summed E-state index contributed by atoms with van der Waals surface area (Å²) in [5, 5.41) is -3.74. The highest BCUT2D eigenvalue weighted by Crippen LogP contribution is 2.34. The predicted molar refractivity (Wildman–Crippen MR) is 86.9 cm³/mol. The highest BCUT2D eigenvalue weighted by atomic mass is 35.5. The van der Waals surface area contributed by atoms with Crippen LogP contribution in [0.5, 0.6) is 0 Å². The number of carbonyl (C=O) groups excluding carboxylic acids is 2. The van der Waals surface area contributed by atoms with Crippen LogP contribution in [0.1, 0.15) is 21.9 Å². The normalized spacial score (nSPS) is 16.3. The van der Waals surface area contributed by atoms with Crippen LogP contribution in [-0.2, 0) is 19.1 Å². The van der Waals surface area contributed by atoms with E-state index in [9.17, 15) is 9.59 Å². The first-order chi connectivity index (χ1) is 10.3. The van der Waals surface area contributed by atoms with E-state index >= 15 is 0 Å². The van der Waals surface area contributed by atoms with Crippen LogP contribution in [0.3, 0.4) is 0 Å². The first kappa shape index (κ1) is 19.4. The van der Waals surface area contributed by atoms with Gasteiger partial charge in [-0.2, -0.15) is 0 Å². The molecule has 1 rings (SSSR count). The van der Waals surface area contributed by atoms with E-state index in [0.29, 0.717) is 11.1 Å². The SMILES string of the molecule is COC(=O)[C@H](Cl)[C@H](Cl)c1cccc([C@@H](Cl)[C@@H](Cl)C(=O)OC)c1. The first-order valence-electron chi connectivity index (χ1n) is 6.15. The van der Waals surface area contributed by atoms with Crippen molar-refractivity contribution < 1.29 is 19.1 Å². The van der Waals surface area contributed by atoms with Gasteiger partial charge in [0.15, 0.2) is 10.8 Å². The van der Waals surface area contributed by atoms with Gasteiger partial charge in [-0.05, 0) is 11.1 Å². The average molecular weight is 388 g/mol. The highest BCUT2D eigenvalue weighted by Gasteiger charge is 2.30. The molecule has 122 valence electrons. The van der Waals surface area contributed by atoms with E-state index in [1.54, 1.807) is 24.3 Å². The van der Waals surface area contributed by atoms with Crippen LogP contribution in [0, 0.1) is 0 Å². The van der Waals surface area contributed by atoms with Gasteiger partial charge in [-0.15, -0.1) is 46.4 Å². The fraction of sp³-hybridized carbons (Fsp3) is 0.429. The highest BCUT2D eigenvalue weighted by molar-refractivity contribution is 6.37. The molecule has 0 aliphatic rings. The zero-order chi connectivity index (χ0) is 16.9. The first-order valence-corrected chi connectivity index (χ1v) is 7.89. The molecule has 0 aromatic heterocycles. The molecular formula is C14H14Cl4O4. The number of methoxy groups -OCH3 is 2. The zero-order valence-corrected chi connectivity index (χ0v) is 14.8. The van der Waals surface area contributed by atoms with Crippen LogP contribution in [0.25, 0.3) is 0 Å². The lowest BCUT2D eigenvalue weighted by molar-refractivity contribution is -0.141. The number of alkyl halides is 4. The molecule has 1 aromatic rings. The molecule has 0 saturated carbocycles. The van der Waals surface area contributed by atoms with E-state index in [-0.39, 0.29) is 0 Å². The molecule has 0 spiro atoms. The summed E-state index contributed by atoms with van der Waals surface area (Å²) in [4.78, 5) is 22.9. The minimum Gasteiger partial charge on any atom is -0.468 e. The number of esters is 2. The predicted octanol–water partition coefficient (Wildman–Crippen LogP) is 3.81. The lowest BCUT2D eigenvalue weighted by Gasteiger charge is -2.18. The van der Waals surface area contributed by atoms with Crippen molar-refractivity contribution in [3.05, 3.63) is 35.4 Å². The number of ether oxygens (including phenoxy) is 2. The van der Waals surface area contributed by atoms with Crippen LogP contribution >= 0.6 is 46.4 Å². The van der Waals surface area contributed by atoms with Crippen molar-refractivity contribution in [1.82, 2.24) is 0 Å². The maximum atomic E-state index is 11.4. The smallest absolute Gasteiger partial charge is 0.325 e. The summed E-state index contributed by atoms with van der Waals surface area (Å²) >= 11 is 24.2. The van der Waals surface area contributed by atoms with E-state index in [1.165, 1.54) is 14.2 Å². The van der Waals surface area contributed by atoms with E-state index in [4.69, 9.17) is 46.4 Å². The Morgan fingerprint density at radius 2 is 1.23 bits per heavy atom. The monoisotopic (exact) mass is 386 g/mol. The molecule has 0 saturated heterocycles. The molecule has 0 amide bonds. The molecule has 8 heteroatoms. The second-order valence-corrected chi connectivity index (χ2v) is 6.20. The topological polar surface area (TPSA) is 52.6 Å². The molecule has 22 heavy (non-hydrogen) atoms. The minimum atomic E-state index is -1.05. The largest absolute Gasteiger partial charge is 0.468 e. The second kappa shape index (κ2) is 8.82. The summed E-state index contributed by atoms with van der Waals surface area (Å²) in [5.41, 5.74) is 1.12. The van der Waals surface area contributed by atoms with Gasteiger partial charge in [0, 0.05) is 0 Å². The Hall–Kier alpha value is -0.680. The van der Waals surface area contributed by atoms with Gasteiger partial charge in [0.2, 0.25) is 0 Å². The molecule has 0 fully saturated rings. The lowest BCUT2D eigenvalue weighted by atomic mass is 10.0. The third kappa shape index (κ3) is 4.66. The third-order valence-electron chi connectivity index (χ3n) is 2.91. The van der Waals surface area contributed by atoms with E-state index in [2.05, 4.69) is 9.47 Å². The Kier molecular flexibility index (Phi) is 7.77. The fourth-order valence-corrected chi connectivity index (χ4v) is 2.65. The number of halogens is 4. The van der Waals surface area contributed by atoms with Crippen molar-refractivity contribution in [1.29, 1.82) is 0 Å². The molecule has 0 unspecified atom stereocenters. The molecule has 0 heterocycles. The summed E-state index contributed by atoms with van der Waals surface area (Å²) in [7, 11) is 2.45. The number of rotatable bonds is 6. The third-order valence-corrected chi connectivity index (χ3v) is 5.04. The second-order valence-electron chi connectivity index (χ2n) is 4.32. The molecule has 0 aliphatic carbocycles. The van der Waals surface area contributed by atoms with Crippen LogP contribution in [0.4, 0.5) is 0 Å². The molecule has 0 N–H and O–H groups in total.